The van der Waals surface area contributed by atoms with Crippen LogP contribution >= 0.6 is 0 Å². The zero-order valence-corrected chi connectivity index (χ0v) is 13.2. The van der Waals surface area contributed by atoms with E-state index in [0.717, 1.165) is 5.56 Å². The van der Waals surface area contributed by atoms with Crippen LogP contribution in [-0.2, 0) is 9.53 Å². The molecule has 0 aliphatic carbocycles. The van der Waals surface area contributed by atoms with Crippen LogP contribution in [0.15, 0.2) is 60.8 Å². The fourth-order valence-corrected chi connectivity index (χ4v) is 1.96. The Labute approximate surface area is 135 Å². The van der Waals surface area contributed by atoms with Gasteiger partial charge in [-0.1, -0.05) is 42.5 Å². The Morgan fingerprint density at radius 1 is 1.09 bits per heavy atom. The van der Waals surface area contributed by atoms with E-state index in [4.69, 9.17) is 4.74 Å². The average molecular weight is 309 g/mol. The fraction of sp³-hybridized carbons (Fsp3) is 0.211. The van der Waals surface area contributed by atoms with Crippen molar-refractivity contribution in [2.45, 2.75) is 13.8 Å². The second kappa shape index (κ2) is 7.49. The molecule has 0 amide bonds. The van der Waals surface area contributed by atoms with Gasteiger partial charge in [0, 0.05) is 6.20 Å². The minimum atomic E-state index is -1.27. The highest BCUT2D eigenvalue weighted by Crippen LogP contribution is 2.22. The Morgan fingerprint density at radius 2 is 1.78 bits per heavy atom. The molecule has 0 saturated carbocycles. The normalized spacial score (nSPS) is 11.4. The van der Waals surface area contributed by atoms with Gasteiger partial charge in [-0.2, -0.15) is 0 Å². The molecule has 0 spiro atoms. The number of benzene rings is 1. The maximum Gasteiger partial charge on any atom is 0.319 e. The number of carbonyl (C=O) groups excluding carboxylic acids is 2. The summed E-state index contributed by atoms with van der Waals surface area (Å²) in [7, 11) is 0. The molecular weight excluding hydrogens is 290 g/mol. The lowest BCUT2D eigenvalue weighted by Gasteiger charge is -2.20. The molecule has 0 saturated heterocycles. The number of hydrogen-bond donors (Lipinski definition) is 0. The largest absolute Gasteiger partial charge is 0.461 e. The quantitative estimate of drug-likeness (QED) is 0.465. The molecule has 1 aromatic heterocycles. The van der Waals surface area contributed by atoms with Crippen molar-refractivity contribution in [1.82, 2.24) is 4.98 Å². The molecule has 0 N–H and O–H groups in total. The predicted octanol–water partition coefficient (Wildman–Crippen LogP) is 3.55. The summed E-state index contributed by atoms with van der Waals surface area (Å²) in [6.45, 7) is 3.22. The maximum atomic E-state index is 12.4. The number of carbonyl (C=O) groups is 2. The number of rotatable bonds is 6. The first-order valence-electron chi connectivity index (χ1n) is 7.36. The predicted molar refractivity (Wildman–Crippen MR) is 88.8 cm³/mol. The van der Waals surface area contributed by atoms with Crippen molar-refractivity contribution >= 4 is 17.8 Å². The second-order valence-electron chi connectivity index (χ2n) is 5.58. The summed E-state index contributed by atoms with van der Waals surface area (Å²) in [6, 6.07) is 14.7. The molecule has 0 radical (unpaired) electrons. The minimum Gasteiger partial charge on any atom is -0.461 e. The molecule has 0 atom stereocenters. The summed E-state index contributed by atoms with van der Waals surface area (Å²) in [5, 5.41) is 0. The van der Waals surface area contributed by atoms with Crippen molar-refractivity contribution in [2.24, 2.45) is 5.41 Å². The Hall–Kier alpha value is -2.75. The summed E-state index contributed by atoms with van der Waals surface area (Å²) in [5.41, 5.74) is 0.0104. The summed E-state index contributed by atoms with van der Waals surface area (Å²) >= 11 is 0. The molecule has 118 valence electrons. The van der Waals surface area contributed by atoms with Crippen molar-refractivity contribution in [3.63, 3.8) is 0 Å². The highest BCUT2D eigenvalue weighted by molar-refractivity contribution is 6.10. The molecule has 0 unspecified atom stereocenters. The minimum absolute atomic E-state index is 0.118. The van der Waals surface area contributed by atoms with E-state index < -0.39 is 11.4 Å². The first-order valence-corrected chi connectivity index (χ1v) is 7.36. The smallest absolute Gasteiger partial charge is 0.319 e. The first kappa shape index (κ1) is 16.6. The van der Waals surface area contributed by atoms with E-state index in [9.17, 15) is 9.59 Å². The van der Waals surface area contributed by atoms with Crippen molar-refractivity contribution in [2.75, 3.05) is 6.61 Å². The van der Waals surface area contributed by atoms with E-state index in [1.165, 1.54) is 6.20 Å². The molecule has 0 fully saturated rings. The van der Waals surface area contributed by atoms with Gasteiger partial charge < -0.3 is 4.74 Å². The lowest BCUT2D eigenvalue weighted by atomic mass is 9.86. The van der Waals surface area contributed by atoms with Crippen LogP contribution < -0.4 is 0 Å². The van der Waals surface area contributed by atoms with Crippen LogP contribution in [0.25, 0.3) is 6.08 Å². The third-order valence-corrected chi connectivity index (χ3v) is 3.40. The number of aromatic nitrogens is 1. The molecule has 1 aromatic carbocycles. The molecule has 4 heteroatoms. The molecule has 2 aromatic rings. The lowest BCUT2D eigenvalue weighted by Crippen LogP contribution is -2.35. The highest BCUT2D eigenvalue weighted by atomic mass is 16.5. The second-order valence-corrected chi connectivity index (χ2v) is 5.58. The number of Topliss-reactive ketones (excluding diaryl/α,β-unsaturated/α-hetero) is 1. The van der Waals surface area contributed by atoms with Crippen LogP contribution in [0.1, 0.15) is 29.9 Å². The number of esters is 1. The number of ether oxygens (including phenoxy) is 1. The molecule has 1 heterocycles. The number of ketones is 1. The van der Waals surface area contributed by atoms with E-state index in [1.807, 2.05) is 36.4 Å². The van der Waals surface area contributed by atoms with Gasteiger partial charge in [0.1, 0.15) is 17.7 Å². The van der Waals surface area contributed by atoms with Crippen LogP contribution in [-0.4, -0.2) is 23.3 Å². The molecule has 23 heavy (non-hydrogen) atoms. The van der Waals surface area contributed by atoms with Gasteiger partial charge in [-0.15, -0.1) is 0 Å². The zero-order chi connectivity index (χ0) is 16.7. The van der Waals surface area contributed by atoms with Gasteiger partial charge in [0.15, 0.2) is 5.78 Å². The first-order chi connectivity index (χ1) is 11.0. The van der Waals surface area contributed by atoms with Gasteiger partial charge in [-0.05, 0) is 37.6 Å². The number of pyridine rings is 1. The molecular formula is C19H19NO3. The van der Waals surface area contributed by atoms with Crippen molar-refractivity contribution in [3.8, 4) is 0 Å². The Balaban J connectivity index is 1.94. The fourth-order valence-electron chi connectivity index (χ4n) is 1.96. The Kier molecular flexibility index (Phi) is 5.41. The number of hydrogen-bond acceptors (Lipinski definition) is 4. The van der Waals surface area contributed by atoms with Gasteiger partial charge in [-0.25, -0.2) is 0 Å². The number of nitrogens with zero attached hydrogens (tertiary/aromatic N) is 1. The van der Waals surface area contributed by atoms with Crippen molar-refractivity contribution < 1.29 is 14.3 Å². The van der Waals surface area contributed by atoms with Crippen LogP contribution in [0, 0.1) is 5.41 Å². The van der Waals surface area contributed by atoms with Crippen LogP contribution in [0.4, 0.5) is 0 Å². The summed E-state index contributed by atoms with van der Waals surface area (Å²) in [4.78, 5) is 28.6. The van der Waals surface area contributed by atoms with Gasteiger partial charge in [-0.3, -0.25) is 14.6 Å². The SMILES string of the molecule is CC(C)(C(=O)OCC=Cc1ccccc1)C(=O)c1ccccn1. The van der Waals surface area contributed by atoms with E-state index >= 15 is 0 Å². The molecule has 2 rings (SSSR count). The van der Waals surface area contributed by atoms with Gasteiger partial charge >= 0.3 is 5.97 Å². The Bertz CT molecular complexity index is 691. The summed E-state index contributed by atoms with van der Waals surface area (Å²) < 4.78 is 5.20. The van der Waals surface area contributed by atoms with E-state index in [-0.39, 0.29) is 18.1 Å². The van der Waals surface area contributed by atoms with Crippen molar-refractivity contribution in [3.05, 3.63) is 72.1 Å². The Morgan fingerprint density at radius 3 is 2.43 bits per heavy atom. The highest BCUT2D eigenvalue weighted by Gasteiger charge is 2.38. The van der Waals surface area contributed by atoms with Gasteiger partial charge in [0.2, 0.25) is 0 Å². The topological polar surface area (TPSA) is 56.3 Å². The van der Waals surface area contributed by atoms with E-state index in [2.05, 4.69) is 4.98 Å². The van der Waals surface area contributed by atoms with Crippen molar-refractivity contribution in [1.29, 1.82) is 0 Å². The maximum absolute atomic E-state index is 12.4. The van der Waals surface area contributed by atoms with Crippen LogP contribution in [0.3, 0.4) is 0 Å². The van der Waals surface area contributed by atoms with Crippen LogP contribution in [0.5, 0.6) is 0 Å². The molecule has 4 nitrogen and oxygen atoms in total. The van der Waals surface area contributed by atoms with E-state index in [1.54, 1.807) is 38.1 Å². The third-order valence-electron chi connectivity index (χ3n) is 3.40. The molecule has 0 aliphatic heterocycles. The molecule has 0 bridgehead atoms. The monoisotopic (exact) mass is 309 g/mol. The molecule has 0 aliphatic rings. The zero-order valence-electron chi connectivity index (χ0n) is 13.2. The van der Waals surface area contributed by atoms with Crippen LogP contribution in [0.2, 0.25) is 0 Å². The third kappa shape index (κ3) is 4.36. The summed E-state index contributed by atoms with van der Waals surface area (Å²) in [5.74, 6) is -0.916. The lowest BCUT2D eigenvalue weighted by molar-refractivity contribution is -0.149. The van der Waals surface area contributed by atoms with Gasteiger partial charge in [0.25, 0.3) is 0 Å². The summed E-state index contributed by atoms with van der Waals surface area (Å²) in [6.07, 6.45) is 5.13. The van der Waals surface area contributed by atoms with E-state index in [0.29, 0.717) is 0 Å². The standard InChI is InChI=1S/C19H19NO3/c1-19(2,17(21)16-12-6-7-13-20-16)18(22)23-14-8-11-15-9-4-3-5-10-15/h3-13H,14H2,1-2H3. The average Bonchev–Trinajstić information content (AvgIpc) is 2.59. The van der Waals surface area contributed by atoms with Gasteiger partial charge in [0.05, 0.1) is 0 Å².